The molecule has 0 fully saturated rings. The van der Waals surface area contributed by atoms with Gasteiger partial charge in [-0.1, -0.05) is 0 Å². The number of nitrogens with two attached hydrogens (primary N) is 1. The van der Waals surface area contributed by atoms with Crippen LogP contribution in [0.5, 0.6) is 0 Å². The van der Waals surface area contributed by atoms with Gasteiger partial charge in [-0.3, -0.25) is 14.6 Å². The number of benzene rings is 1. The number of hydrogen-bond donors (Lipinski definition) is 1. The summed E-state index contributed by atoms with van der Waals surface area (Å²) in [4.78, 5) is 45.4. The van der Waals surface area contributed by atoms with Crippen molar-refractivity contribution in [3.8, 4) is 0 Å². The van der Waals surface area contributed by atoms with E-state index in [4.69, 9.17) is 15.2 Å². The molecule has 9 nitrogen and oxygen atoms in total. The predicted molar refractivity (Wildman–Crippen MR) is 112 cm³/mol. The summed E-state index contributed by atoms with van der Waals surface area (Å²) in [5.74, 6) is -3.50. The molecule has 0 aromatic heterocycles. The van der Waals surface area contributed by atoms with Crippen molar-refractivity contribution in [2.75, 3.05) is 0 Å². The lowest BCUT2D eigenvalue weighted by atomic mass is 10.0. The number of nitrogens with zero attached hydrogens (tertiary/aromatic N) is 3. The fourth-order valence-corrected chi connectivity index (χ4v) is 2.94. The van der Waals surface area contributed by atoms with E-state index in [1.165, 1.54) is 19.1 Å². The Kier molecular flexibility index (Phi) is 7.65. The van der Waals surface area contributed by atoms with Crippen molar-refractivity contribution >= 4 is 29.8 Å². The maximum absolute atomic E-state index is 13.5. The molecule has 11 heteroatoms. The molecular weight excluding hydrogens is 426 g/mol. The lowest BCUT2D eigenvalue weighted by Gasteiger charge is -2.26. The van der Waals surface area contributed by atoms with Crippen molar-refractivity contribution in [1.82, 2.24) is 4.90 Å². The van der Waals surface area contributed by atoms with Crippen LogP contribution in [0.2, 0.25) is 0 Å². The van der Waals surface area contributed by atoms with Crippen LogP contribution < -0.4 is 5.73 Å². The molecule has 0 saturated carbocycles. The van der Waals surface area contributed by atoms with Crippen LogP contribution in [0, 0.1) is 11.6 Å². The van der Waals surface area contributed by atoms with Crippen LogP contribution in [0.3, 0.4) is 0 Å². The molecule has 0 saturated heterocycles. The highest BCUT2D eigenvalue weighted by atomic mass is 19.1. The Morgan fingerprint density at radius 3 is 2.34 bits per heavy atom. The highest BCUT2D eigenvalue weighted by Gasteiger charge is 2.35. The van der Waals surface area contributed by atoms with Crippen LogP contribution in [0.15, 0.2) is 28.2 Å². The third kappa shape index (κ3) is 6.82. The van der Waals surface area contributed by atoms with Crippen LogP contribution >= 0.6 is 0 Å². The Bertz CT molecular complexity index is 951. The standard InChI is InChI=1S/C21H26F2N4O5/c1-11(31-12(2)28)18(29)27(20(30)32-21(3,4)5)19(24)26-17-7-6-16(25-17)13-8-14(22)10-15(23)9-13/h8-11,16H,6-7H2,1-5H3,(H2,24,25,26)/t11-,16?/m1/s1. The Labute approximate surface area is 184 Å². The number of amides is 2. The molecular formula is C21H26F2N4O5. The third-order valence-electron chi connectivity index (χ3n) is 4.18. The number of hydrogen-bond acceptors (Lipinski definition) is 7. The van der Waals surface area contributed by atoms with Gasteiger partial charge in [-0.15, -0.1) is 0 Å². The van der Waals surface area contributed by atoms with E-state index in [1.54, 1.807) is 20.8 Å². The second-order valence-corrected chi connectivity index (χ2v) is 8.18. The number of guanidine groups is 1. The smallest absolute Gasteiger partial charge is 0.424 e. The van der Waals surface area contributed by atoms with Gasteiger partial charge in [0.1, 0.15) is 23.1 Å². The highest BCUT2D eigenvalue weighted by molar-refractivity contribution is 6.13. The van der Waals surface area contributed by atoms with Crippen molar-refractivity contribution in [2.24, 2.45) is 15.7 Å². The number of carbonyl (C=O) groups is 3. The second-order valence-electron chi connectivity index (χ2n) is 8.18. The molecule has 1 heterocycles. The molecule has 1 unspecified atom stereocenters. The van der Waals surface area contributed by atoms with Gasteiger partial charge in [-0.2, -0.15) is 9.89 Å². The number of aliphatic imine (C=N–C) groups is 2. The van der Waals surface area contributed by atoms with E-state index in [0.29, 0.717) is 23.3 Å². The maximum Gasteiger partial charge on any atom is 0.424 e. The van der Waals surface area contributed by atoms with Crippen molar-refractivity contribution in [3.05, 3.63) is 35.4 Å². The van der Waals surface area contributed by atoms with Gasteiger partial charge < -0.3 is 15.2 Å². The van der Waals surface area contributed by atoms with Crippen LogP contribution in [-0.2, 0) is 19.1 Å². The first kappa shape index (κ1) is 24.9. The summed E-state index contributed by atoms with van der Waals surface area (Å²) in [6, 6.07) is 2.54. The number of ether oxygens (including phenoxy) is 2. The lowest BCUT2D eigenvalue weighted by Crippen LogP contribution is -2.52. The van der Waals surface area contributed by atoms with E-state index < -0.39 is 53.3 Å². The Morgan fingerprint density at radius 1 is 1.22 bits per heavy atom. The number of carbonyl (C=O) groups excluding carboxylic acids is 3. The number of imide groups is 1. The topological polar surface area (TPSA) is 124 Å². The zero-order valence-corrected chi connectivity index (χ0v) is 18.5. The van der Waals surface area contributed by atoms with Gasteiger partial charge in [0, 0.05) is 19.4 Å². The molecule has 2 N–H and O–H groups in total. The van der Waals surface area contributed by atoms with Gasteiger partial charge in [0.25, 0.3) is 5.91 Å². The minimum absolute atomic E-state index is 0.179. The lowest BCUT2D eigenvalue weighted by molar-refractivity contribution is -0.155. The number of amidine groups is 1. The molecule has 1 aliphatic heterocycles. The van der Waals surface area contributed by atoms with Crippen molar-refractivity contribution < 1.29 is 32.6 Å². The molecule has 2 atom stereocenters. The summed E-state index contributed by atoms with van der Waals surface area (Å²) in [5, 5.41) is 0. The van der Waals surface area contributed by atoms with Gasteiger partial charge in [0.05, 0.1) is 6.04 Å². The summed E-state index contributed by atoms with van der Waals surface area (Å²) >= 11 is 0. The van der Waals surface area contributed by atoms with E-state index in [1.807, 2.05) is 0 Å². The van der Waals surface area contributed by atoms with E-state index in [0.717, 1.165) is 13.0 Å². The summed E-state index contributed by atoms with van der Waals surface area (Å²) < 4.78 is 37.1. The molecule has 0 aliphatic carbocycles. The second kappa shape index (κ2) is 9.84. The largest absolute Gasteiger partial charge is 0.453 e. The first-order chi connectivity index (χ1) is 14.8. The predicted octanol–water partition coefficient (Wildman–Crippen LogP) is 3.23. The number of esters is 1. The average molecular weight is 452 g/mol. The monoisotopic (exact) mass is 452 g/mol. The zero-order valence-electron chi connectivity index (χ0n) is 18.5. The minimum Gasteiger partial charge on any atom is -0.453 e. The first-order valence-electron chi connectivity index (χ1n) is 9.88. The summed E-state index contributed by atoms with van der Waals surface area (Å²) in [6.07, 6.45) is -1.74. The molecule has 0 radical (unpaired) electrons. The molecule has 0 spiro atoms. The normalized spacial score (nSPS) is 17.4. The fraction of sp³-hybridized carbons (Fsp3) is 0.476. The summed E-state index contributed by atoms with van der Waals surface area (Å²) in [5.41, 5.74) is 5.31. The van der Waals surface area contributed by atoms with E-state index in [2.05, 4.69) is 9.98 Å². The Morgan fingerprint density at radius 2 is 1.81 bits per heavy atom. The SMILES string of the molecule is CC(=O)O[C@H](C)C(=O)N(C(=O)OC(C)(C)C)C(N)=NC1=NC(c2cc(F)cc(F)c2)CC1. The van der Waals surface area contributed by atoms with Crippen molar-refractivity contribution in [1.29, 1.82) is 0 Å². The molecule has 32 heavy (non-hydrogen) atoms. The fourth-order valence-electron chi connectivity index (χ4n) is 2.94. The molecule has 0 bridgehead atoms. The van der Waals surface area contributed by atoms with Gasteiger partial charge in [0.2, 0.25) is 5.96 Å². The van der Waals surface area contributed by atoms with Crippen molar-refractivity contribution in [2.45, 2.75) is 65.2 Å². The van der Waals surface area contributed by atoms with Crippen LogP contribution in [0.4, 0.5) is 13.6 Å². The molecule has 1 aromatic rings. The van der Waals surface area contributed by atoms with E-state index >= 15 is 0 Å². The summed E-state index contributed by atoms with van der Waals surface area (Å²) in [6.45, 7) is 7.18. The molecule has 2 rings (SSSR count). The number of rotatable bonds is 3. The highest BCUT2D eigenvalue weighted by Crippen LogP contribution is 2.30. The van der Waals surface area contributed by atoms with Crippen LogP contribution in [0.1, 0.15) is 59.1 Å². The molecule has 1 aliphatic rings. The first-order valence-corrected chi connectivity index (χ1v) is 9.88. The minimum atomic E-state index is -1.33. The molecule has 1 aromatic carbocycles. The quantitative estimate of drug-likeness (QED) is 0.427. The van der Waals surface area contributed by atoms with E-state index in [9.17, 15) is 23.2 Å². The van der Waals surface area contributed by atoms with Gasteiger partial charge in [-0.25, -0.2) is 13.6 Å². The number of halogens is 2. The average Bonchev–Trinajstić information content (AvgIpc) is 3.07. The maximum atomic E-state index is 13.5. The van der Waals surface area contributed by atoms with Crippen molar-refractivity contribution in [3.63, 3.8) is 0 Å². The third-order valence-corrected chi connectivity index (χ3v) is 4.18. The zero-order chi connectivity index (χ0) is 24.2. The molecule has 2 amide bonds. The van der Waals surface area contributed by atoms with Crippen LogP contribution in [0.25, 0.3) is 0 Å². The Hall–Kier alpha value is -3.37. The summed E-state index contributed by atoms with van der Waals surface area (Å²) in [7, 11) is 0. The van der Waals surface area contributed by atoms with Gasteiger partial charge >= 0.3 is 12.1 Å². The molecule has 174 valence electrons. The van der Waals surface area contributed by atoms with E-state index in [-0.39, 0.29) is 5.84 Å². The van der Waals surface area contributed by atoms with Gasteiger partial charge in [0.15, 0.2) is 6.10 Å². The van der Waals surface area contributed by atoms with Gasteiger partial charge in [-0.05, 0) is 51.8 Å². The Balaban J connectivity index is 2.33. The van der Waals surface area contributed by atoms with Crippen LogP contribution in [-0.4, -0.2) is 46.4 Å².